The summed E-state index contributed by atoms with van der Waals surface area (Å²) in [5.74, 6) is -0.568. The monoisotopic (exact) mass is 402 g/mol. The van der Waals surface area contributed by atoms with E-state index in [4.69, 9.17) is 0 Å². The third kappa shape index (κ3) is 3.56. The van der Waals surface area contributed by atoms with Crippen molar-refractivity contribution in [3.05, 3.63) is 59.4 Å². The number of aryl methyl sites for hydroxylation is 1. The second-order valence-corrected chi connectivity index (χ2v) is 9.26. The summed E-state index contributed by atoms with van der Waals surface area (Å²) in [6, 6.07) is 11.3. The largest absolute Gasteiger partial charge is 0.312 e. The van der Waals surface area contributed by atoms with Gasteiger partial charge in [-0.3, -0.25) is 4.79 Å². The molecule has 0 spiro atoms. The molecule has 0 aliphatic carbocycles. The molecule has 0 N–H and O–H groups in total. The molecule has 0 bridgehead atoms. The summed E-state index contributed by atoms with van der Waals surface area (Å²) in [6.07, 6.45) is 3.25. The Balaban J connectivity index is 1.60. The first-order chi connectivity index (χ1) is 13.5. The number of carbonyl (C=O) groups is 1. The Morgan fingerprint density at radius 3 is 2.50 bits per heavy atom. The van der Waals surface area contributed by atoms with Crippen molar-refractivity contribution < 1.29 is 17.6 Å². The van der Waals surface area contributed by atoms with Crippen molar-refractivity contribution in [2.24, 2.45) is 0 Å². The topological polar surface area (TPSA) is 57.7 Å². The van der Waals surface area contributed by atoms with Crippen LogP contribution in [0.15, 0.2) is 47.4 Å². The van der Waals surface area contributed by atoms with Gasteiger partial charge in [-0.05, 0) is 61.1 Å². The Morgan fingerprint density at radius 2 is 1.75 bits per heavy atom. The maximum Gasteiger partial charge on any atom is 0.243 e. The van der Waals surface area contributed by atoms with Crippen molar-refractivity contribution in [1.29, 1.82) is 0 Å². The zero-order valence-corrected chi connectivity index (χ0v) is 16.4. The number of nitrogens with zero attached hydrogens (tertiary/aromatic N) is 2. The minimum Gasteiger partial charge on any atom is -0.312 e. The van der Waals surface area contributed by atoms with Crippen molar-refractivity contribution >= 4 is 21.6 Å². The lowest BCUT2D eigenvalue weighted by molar-refractivity contribution is -0.118. The minimum absolute atomic E-state index is 0.0139. The number of halogens is 1. The average molecular weight is 402 g/mol. The van der Waals surface area contributed by atoms with Crippen LogP contribution in [-0.4, -0.2) is 38.3 Å². The van der Waals surface area contributed by atoms with Gasteiger partial charge in [0.25, 0.3) is 0 Å². The number of carbonyl (C=O) groups excluding carboxylic acids is 1. The molecule has 7 heteroatoms. The fraction of sp³-hybridized carbons (Fsp3) is 0.381. The smallest absolute Gasteiger partial charge is 0.243 e. The Hall–Kier alpha value is -2.25. The first-order valence-electron chi connectivity index (χ1n) is 9.64. The number of fused-ring (bicyclic) bond motifs is 1. The van der Waals surface area contributed by atoms with Crippen LogP contribution < -0.4 is 4.90 Å². The molecule has 0 aromatic heterocycles. The number of amides is 1. The highest BCUT2D eigenvalue weighted by molar-refractivity contribution is 7.89. The molecule has 28 heavy (non-hydrogen) atoms. The van der Waals surface area contributed by atoms with Crippen LogP contribution in [-0.2, 0) is 27.7 Å². The van der Waals surface area contributed by atoms with E-state index in [1.165, 1.54) is 10.4 Å². The van der Waals surface area contributed by atoms with Crippen LogP contribution in [0.25, 0.3) is 0 Å². The lowest BCUT2D eigenvalue weighted by atomic mass is 10.0. The molecule has 5 nitrogen and oxygen atoms in total. The van der Waals surface area contributed by atoms with Crippen LogP contribution >= 0.6 is 0 Å². The van der Waals surface area contributed by atoms with Gasteiger partial charge in [-0.15, -0.1) is 0 Å². The van der Waals surface area contributed by atoms with E-state index < -0.39 is 10.0 Å². The van der Waals surface area contributed by atoms with E-state index in [9.17, 15) is 17.6 Å². The van der Waals surface area contributed by atoms with Gasteiger partial charge in [-0.25, -0.2) is 12.8 Å². The second-order valence-electron chi connectivity index (χ2n) is 7.32. The number of hydrogen-bond donors (Lipinski definition) is 0. The molecular formula is C21H23FN2O3S. The molecule has 2 aromatic carbocycles. The molecule has 2 aliphatic rings. The Labute approximate surface area is 164 Å². The summed E-state index contributed by atoms with van der Waals surface area (Å²) in [7, 11) is -3.48. The Morgan fingerprint density at radius 1 is 1.00 bits per heavy atom. The number of hydrogen-bond acceptors (Lipinski definition) is 3. The van der Waals surface area contributed by atoms with E-state index in [1.54, 1.807) is 41.3 Å². The standard InChI is InChI=1S/C21H23FN2O3S/c22-19-8-2-1-6-16(19)15-21(25)24-13-5-7-17-14-18(9-10-20(17)24)28(26,27)23-11-3-4-12-23/h1-2,6,8-10,14H,3-5,7,11-13,15H2. The molecule has 2 aromatic rings. The van der Waals surface area contributed by atoms with Crippen molar-refractivity contribution in [2.75, 3.05) is 24.5 Å². The van der Waals surface area contributed by atoms with Gasteiger partial charge in [0, 0.05) is 25.3 Å². The molecule has 2 heterocycles. The predicted octanol–water partition coefficient (Wildman–Crippen LogP) is 3.13. The van der Waals surface area contributed by atoms with E-state index in [0.29, 0.717) is 25.2 Å². The maximum absolute atomic E-state index is 13.9. The van der Waals surface area contributed by atoms with E-state index in [0.717, 1.165) is 36.9 Å². The molecule has 0 atom stereocenters. The summed E-state index contributed by atoms with van der Waals surface area (Å²) in [4.78, 5) is 14.7. The molecular weight excluding hydrogens is 379 g/mol. The van der Waals surface area contributed by atoms with Crippen LogP contribution in [0.1, 0.15) is 30.4 Å². The van der Waals surface area contributed by atoms with Gasteiger partial charge in [-0.2, -0.15) is 4.31 Å². The third-order valence-corrected chi connectivity index (χ3v) is 7.37. The number of benzene rings is 2. The quantitative estimate of drug-likeness (QED) is 0.790. The molecule has 0 saturated carbocycles. The van der Waals surface area contributed by atoms with Crippen LogP contribution in [0.4, 0.5) is 10.1 Å². The number of sulfonamides is 1. The predicted molar refractivity (Wildman–Crippen MR) is 105 cm³/mol. The fourth-order valence-electron chi connectivity index (χ4n) is 3.97. The zero-order valence-electron chi connectivity index (χ0n) is 15.6. The van der Waals surface area contributed by atoms with Crippen LogP contribution in [0.5, 0.6) is 0 Å². The Bertz CT molecular complexity index is 1000. The molecule has 4 rings (SSSR count). The number of anilines is 1. The molecule has 0 radical (unpaired) electrons. The van der Waals surface area contributed by atoms with Gasteiger partial charge >= 0.3 is 0 Å². The van der Waals surface area contributed by atoms with Gasteiger partial charge in [0.15, 0.2) is 0 Å². The lowest BCUT2D eigenvalue weighted by Gasteiger charge is -2.30. The van der Waals surface area contributed by atoms with Crippen LogP contribution in [0, 0.1) is 5.82 Å². The molecule has 148 valence electrons. The van der Waals surface area contributed by atoms with Gasteiger partial charge in [0.05, 0.1) is 11.3 Å². The van der Waals surface area contributed by atoms with E-state index >= 15 is 0 Å². The highest BCUT2D eigenvalue weighted by Gasteiger charge is 2.29. The van der Waals surface area contributed by atoms with Crippen molar-refractivity contribution in [1.82, 2.24) is 4.31 Å². The zero-order chi connectivity index (χ0) is 19.7. The summed E-state index contributed by atoms with van der Waals surface area (Å²) < 4.78 is 41.1. The highest BCUT2D eigenvalue weighted by Crippen LogP contribution is 2.31. The van der Waals surface area contributed by atoms with Gasteiger partial charge in [-0.1, -0.05) is 18.2 Å². The van der Waals surface area contributed by atoms with Gasteiger partial charge in [0.2, 0.25) is 15.9 Å². The third-order valence-electron chi connectivity index (χ3n) is 5.47. The molecule has 1 saturated heterocycles. The highest BCUT2D eigenvalue weighted by atomic mass is 32.2. The Kier molecular flexibility index (Phi) is 5.21. The molecule has 2 aliphatic heterocycles. The minimum atomic E-state index is -3.48. The molecule has 1 amide bonds. The van der Waals surface area contributed by atoms with E-state index in [2.05, 4.69) is 0 Å². The first-order valence-corrected chi connectivity index (χ1v) is 11.1. The van der Waals surface area contributed by atoms with Gasteiger partial charge < -0.3 is 4.90 Å². The van der Waals surface area contributed by atoms with Crippen LogP contribution in [0.2, 0.25) is 0 Å². The van der Waals surface area contributed by atoms with Crippen molar-refractivity contribution in [3.8, 4) is 0 Å². The summed E-state index contributed by atoms with van der Waals surface area (Å²) in [6.45, 7) is 1.68. The molecule has 1 fully saturated rings. The average Bonchev–Trinajstić information content (AvgIpc) is 3.24. The lowest BCUT2D eigenvalue weighted by Crippen LogP contribution is -2.37. The summed E-state index contributed by atoms with van der Waals surface area (Å²) in [5, 5.41) is 0. The maximum atomic E-state index is 13.9. The SMILES string of the molecule is O=C(Cc1ccccc1F)N1CCCc2cc(S(=O)(=O)N3CCCC3)ccc21. The van der Waals surface area contributed by atoms with E-state index in [-0.39, 0.29) is 23.0 Å². The second kappa shape index (κ2) is 7.64. The normalized spacial score (nSPS) is 17.5. The van der Waals surface area contributed by atoms with Crippen molar-refractivity contribution in [3.63, 3.8) is 0 Å². The summed E-state index contributed by atoms with van der Waals surface area (Å²) in [5.41, 5.74) is 1.95. The number of rotatable bonds is 4. The first kappa shape index (κ1) is 19.1. The fourth-order valence-corrected chi connectivity index (χ4v) is 5.54. The van der Waals surface area contributed by atoms with Crippen LogP contribution in [0.3, 0.4) is 0 Å². The van der Waals surface area contributed by atoms with Crippen molar-refractivity contribution in [2.45, 2.75) is 37.0 Å². The molecule has 0 unspecified atom stereocenters. The summed E-state index contributed by atoms with van der Waals surface area (Å²) >= 11 is 0. The van der Waals surface area contributed by atoms with Gasteiger partial charge in [0.1, 0.15) is 5.82 Å². The van der Waals surface area contributed by atoms with E-state index in [1.807, 2.05) is 0 Å².